The lowest BCUT2D eigenvalue weighted by molar-refractivity contribution is -0.111. The fraction of sp³-hybridized carbons (Fsp3) is 0. The predicted molar refractivity (Wildman–Crippen MR) is 59.6 cm³/mol. The summed E-state index contributed by atoms with van der Waals surface area (Å²) >= 11 is 1.28. The minimum Gasteiger partial charge on any atom is -0.504 e. The van der Waals surface area contributed by atoms with E-state index in [9.17, 15) is 9.90 Å². The molecule has 1 aromatic heterocycles. The van der Waals surface area contributed by atoms with Crippen molar-refractivity contribution in [1.29, 1.82) is 10.7 Å². The van der Waals surface area contributed by atoms with Crippen LogP contribution in [0.1, 0.15) is 4.88 Å². The van der Waals surface area contributed by atoms with Gasteiger partial charge in [-0.05, 0) is 11.4 Å². The van der Waals surface area contributed by atoms with Gasteiger partial charge in [0.25, 0.3) is 5.78 Å². The molecule has 2 N–H and O–H groups in total. The maximum Gasteiger partial charge on any atom is 0.257 e. The molecule has 2 heterocycles. The van der Waals surface area contributed by atoms with Crippen LogP contribution >= 0.6 is 11.3 Å². The lowest BCUT2D eigenvalue weighted by Crippen LogP contribution is -2.23. The summed E-state index contributed by atoms with van der Waals surface area (Å²) in [6.07, 6.45) is 0. The van der Waals surface area contributed by atoms with Crippen molar-refractivity contribution in [2.45, 2.75) is 0 Å². The molecule has 1 aliphatic rings. The molecule has 1 aliphatic heterocycles. The first kappa shape index (κ1) is 10.3. The van der Waals surface area contributed by atoms with Crippen molar-refractivity contribution in [3.63, 3.8) is 0 Å². The standard InChI is InChI=1S/C10H5N3O2S/c11-4-5-8(14)9(15)7(10(12)13-5)6-2-1-3-16-6/h1-3,12,15H. The number of aliphatic hydroxyl groups is 1. The van der Waals surface area contributed by atoms with Gasteiger partial charge in [-0.15, -0.1) is 11.3 Å². The van der Waals surface area contributed by atoms with E-state index in [1.165, 1.54) is 11.3 Å². The van der Waals surface area contributed by atoms with Crippen LogP contribution in [-0.4, -0.2) is 22.4 Å². The van der Waals surface area contributed by atoms with Crippen molar-refractivity contribution in [3.8, 4) is 6.07 Å². The molecule has 6 heteroatoms. The van der Waals surface area contributed by atoms with E-state index in [4.69, 9.17) is 10.7 Å². The number of rotatable bonds is 1. The monoisotopic (exact) mass is 231 g/mol. The van der Waals surface area contributed by atoms with E-state index in [-0.39, 0.29) is 11.4 Å². The number of thiophene rings is 1. The number of nitrogens with one attached hydrogen (secondary N) is 1. The highest BCUT2D eigenvalue weighted by Gasteiger charge is 2.29. The highest BCUT2D eigenvalue weighted by Crippen LogP contribution is 2.27. The van der Waals surface area contributed by atoms with Crippen LogP contribution in [0, 0.1) is 16.7 Å². The molecular formula is C10H5N3O2S. The molecule has 0 bridgehead atoms. The molecule has 0 saturated heterocycles. The number of aliphatic imine (C=N–C) groups is 1. The van der Waals surface area contributed by atoms with Crippen molar-refractivity contribution in [2.75, 3.05) is 0 Å². The van der Waals surface area contributed by atoms with Gasteiger partial charge in [0, 0.05) is 4.88 Å². The van der Waals surface area contributed by atoms with Crippen LogP contribution in [0.5, 0.6) is 0 Å². The van der Waals surface area contributed by atoms with Crippen LogP contribution in [-0.2, 0) is 4.79 Å². The number of dihydropyridines is 1. The van der Waals surface area contributed by atoms with Crippen molar-refractivity contribution < 1.29 is 9.90 Å². The van der Waals surface area contributed by atoms with Gasteiger partial charge in [0.2, 0.25) is 0 Å². The Balaban J connectivity index is 2.57. The molecule has 0 atom stereocenters. The molecule has 16 heavy (non-hydrogen) atoms. The largest absolute Gasteiger partial charge is 0.504 e. The lowest BCUT2D eigenvalue weighted by Gasteiger charge is -2.11. The van der Waals surface area contributed by atoms with Gasteiger partial charge in [0.1, 0.15) is 6.07 Å². The van der Waals surface area contributed by atoms with E-state index >= 15 is 0 Å². The van der Waals surface area contributed by atoms with Crippen LogP contribution in [0.4, 0.5) is 0 Å². The molecule has 1 aromatic rings. The summed E-state index contributed by atoms with van der Waals surface area (Å²) < 4.78 is 0. The number of allylic oxidation sites excluding steroid dienone is 1. The first-order chi connectivity index (χ1) is 7.65. The fourth-order valence-corrected chi connectivity index (χ4v) is 2.06. The fourth-order valence-electron chi connectivity index (χ4n) is 1.29. The molecule has 0 aromatic carbocycles. The number of hydrogen-bond acceptors (Lipinski definition) is 5. The molecule has 0 amide bonds. The summed E-state index contributed by atoms with van der Waals surface area (Å²) in [6.45, 7) is 0. The topological polar surface area (TPSA) is 97.3 Å². The van der Waals surface area contributed by atoms with Crippen LogP contribution in [0.3, 0.4) is 0 Å². The van der Waals surface area contributed by atoms with Crippen molar-refractivity contribution in [2.24, 2.45) is 4.99 Å². The molecule has 0 spiro atoms. The number of aliphatic hydroxyl groups excluding tert-OH is 1. The minimum absolute atomic E-state index is 0.0824. The first-order valence-corrected chi connectivity index (χ1v) is 5.12. The van der Waals surface area contributed by atoms with Gasteiger partial charge in [-0.3, -0.25) is 10.2 Å². The number of hydrogen-bond donors (Lipinski definition) is 2. The summed E-state index contributed by atoms with van der Waals surface area (Å²) in [5.74, 6) is -1.68. The third-order valence-corrected chi connectivity index (χ3v) is 2.89. The van der Waals surface area contributed by atoms with Gasteiger partial charge in [-0.1, -0.05) is 6.07 Å². The zero-order valence-electron chi connectivity index (χ0n) is 7.89. The maximum atomic E-state index is 11.5. The summed E-state index contributed by atoms with van der Waals surface area (Å²) in [5, 5.41) is 27.6. The summed E-state index contributed by atoms with van der Waals surface area (Å²) in [5.41, 5.74) is -0.373. The molecule has 0 unspecified atom stereocenters. The van der Waals surface area contributed by atoms with Crippen LogP contribution < -0.4 is 0 Å². The van der Waals surface area contributed by atoms with E-state index < -0.39 is 17.3 Å². The second-order valence-electron chi connectivity index (χ2n) is 2.95. The quantitative estimate of drug-likeness (QED) is 0.767. The van der Waals surface area contributed by atoms with Gasteiger partial charge in [-0.25, -0.2) is 4.99 Å². The number of nitriles is 1. The van der Waals surface area contributed by atoms with Crippen LogP contribution in [0.2, 0.25) is 0 Å². The van der Waals surface area contributed by atoms with Crippen molar-refractivity contribution in [3.05, 3.63) is 28.1 Å². The number of carbonyl (C=O) groups excluding carboxylic acids is 1. The number of amidine groups is 1. The number of Topliss-reactive ketones (excluding diaryl/α,β-unsaturated/α-hetero) is 1. The second-order valence-corrected chi connectivity index (χ2v) is 3.90. The predicted octanol–water partition coefficient (Wildman–Crippen LogP) is 1.54. The Morgan fingerprint density at radius 1 is 1.56 bits per heavy atom. The van der Waals surface area contributed by atoms with Gasteiger partial charge in [-0.2, -0.15) is 5.26 Å². The Kier molecular flexibility index (Phi) is 2.38. The van der Waals surface area contributed by atoms with E-state index in [1.54, 1.807) is 23.6 Å². The SMILES string of the molecule is N#CC1=NC(=N)C(c2cccs2)=C(O)C1=O. The second kappa shape index (κ2) is 3.72. The lowest BCUT2D eigenvalue weighted by atomic mass is 10.0. The Morgan fingerprint density at radius 3 is 2.88 bits per heavy atom. The normalized spacial score (nSPS) is 16.1. The highest BCUT2D eigenvalue weighted by molar-refractivity contribution is 7.11. The van der Waals surface area contributed by atoms with E-state index in [0.717, 1.165) is 0 Å². The Morgan fingerprint density at radius 2 is 2.31 bits per heavy atom. The van der Waals surface area contributed by atoms with Crippen molar-refractivity contribution >= 4 is 34.2 Å². The molecular weight excluding hydrogens is 226 g/mol. The number of nitrogens with zero attached hydrogens (tertiary/aromatic N) is 2. The highest BCUT2D eigenvalue weighted by atomic mass is 32.1. The average Bonchev–Trinajstić information content (AvgIpc) is 2.77. The van der Waals surface area contributed by atoms with Gasteiger partial charge >= 0.3 is 0 Å². The van der Waals surface area contributed by atoms with Gasteiger partial charge in [0.05, 0.1) is 5.57 Å². The number of ketones is 1. The molecule has 78 valence electrons. The van der Waals surface area contributed by atoms with Crippen LogP contribution in [0.15, 0.2) is 28.3 Å². The van der Waals surface area contributed by atoms with E-state index in [0.29, 0.717) is 4.88 Å². The summed E-state index contributed by atoms with van der Waals surface area (Å²) in [7, 11) is 0. The molecule has 0 radical (unpaired) electrons. The zero-order valence-corrected chi connectivity index (χ0v) is 8.71. The summed E-state index contributed by atoms with van der Waals surface area (Å²) in [6, 6.07) is 4.96. The van der Waals surface area contributed by atoms with Crippen molar-refractivity contribution in [1.82, 2.24) is 0 Å². The first-order valence-electron chi connectivity index (χ1n) is 4.24. The van der Waals surface area contributed by atoms with E-state index in [1.807, 2.05) is 0 Å². The van der Waals surface area contributed by atoms with Gasteiger partial charge in [0.15, 0.2) is 17.3 Å². The van der Waals surface area contributed by atoms with E-state index in [2.05, 4.69) is 4.99 Å². The number of carbonyl (C=O) groups is 1. The smallest absolute Gasteiger partial charge is 0.257 e. The molecule has 0 aliphatic carbocycles. The Labute approximate surface area is 94.5 Å². The molecule has 5 nitrogen and oxygen atoms in total. The molecule has 0 fully saturated rings. The Hall–Kier alpha value is -2.26. The van der Waals surface area contributed by atoms with Gasteiger partial charge < -0.3 is 5.11 Å². The minimum atomic E-state index is -0.832. The molecule has 0 saturated carbocycles. The zero-order chi connectivity index (χ0) is 11.7. The summed E-state index contributed by atoms with van der Waals surface area (Å²) in [4.78, 5) is 15.6. The van der Waals surface area contributed by atoms with Crippen LogP contribution in [0.25, 0.3) is 5.57 Å². The third kappa shape index (κ3) is 1.43. The average molecular weight is 231 g/mol. The maximum absolute atomic E-state index is 11.5. The Bertz CT molecular complexity index is 576. The third-order valence-electron chi connectivity index (χ3n) is 2.00. The molecule has 2 rings (SSSR count).